The van der Waals surface area contributed by atoms with Crippen molar-refractivity contribution < 1.29 is 110 Å². The van der Waals surface area contributed by atoms with Gasteiger partial charge in [0.05, 0.1) is 6.04 Å². The van der Waals surface area contributed by atoms with Crippen LogP contribution in [-0.4, -0.2) is 168 Å². The molecular formula is C85H150N6O23. The standard InChI is InChI=1S/C85H150N6O23/c1-58(86)72(105)87-57-31-29-30-32-59(92)88-82(45-33-60(93)89-83(48-36-63(96)106-73(2,3)4,49-37-64(97)107-74(5,6)7)50-38-65(98)108-75(8,9)10,46-34-61(94)90-84(51-39-66(99)109-76(11,12)13,52-40-67(100)110-77(14,15)16)53-41-68(101)111-78(17,18)19)47-35-62(95)91-85(54-42-69(102)112-79(20,21)22,55-43-70(103)113-80(23,24)25)56-44-71(104)114-81(26,27)28/h58H,29-57,86H2,1-28H3,(H,87,105)(H,88,92)(H,89,93)(H,90,94)(H,91,95)/t58-/m0/s1. The van der Waals surface area contributed by atoms with Gasteiger partial charge in [-0.2, -0.15) is 0 Å². The molecule has 0 fully saturated rings. The average Bonchev–Trinajstić information content (AvgIpc) is 0.834. The van der Waals surface area contributed by atoms with Crippen molar-refractivity contribution in [2.24, 2.45) is 5.73 Å². The number of nitrogens with one attached hydrogen (secondary N) is 5. The zero-order chi connectivity index (χ0) is 88.6. The number of unbranched alkanes of at least 4 members (excludes halogenated alkanes) is 2. The van der Waals surface area contributed by atoms with E-state index in [1.54, 1.807) is 187 Å². The van der Waals surface area contributed by atoms with E-state index in [0.29, 0.717) is 12.8 Å². The van der Waals surface area contributed by atoms with E-state index >= 15 is 19.2 Å². The molecule has 0 saturated heterocycles. The molecule has 1 atom stereocenters. The number of hydrogen-bond acceptors (Lipinski definition) is 24. The normalized spacial score (nSPS) is 13.2. The SMILES string of the molecule is C[C@H](N)C(=O)NCCCCCC(=O)NC(CCC(=O)NC(CCC(=O)OC(C)(C)C)(CCC(=O)OC(C)(C)C)CCC(=O)OC(C)(C)C)(CCC(=O)NC(CCC(=O)OC(C)(C)C)(CCC(=O)OC(C)(C)C)CCC(=O)OC(C)(C)C)CCC(=O)NC(CCC(=O)OC(C)(C)C)(CCC(=O)OC(C)(C)C)CCC(=O)OC(C)(C)C. The highest BCUT2D eigenvalue weighted by atomic mass is 16.6. The Kier molecular flexibility index (Phi) is 42.9. The maximum Gasteiger partial charge on any atom is 0.306 e. The van der Waals surface area contributed by atoms with Crippen molar-refractivity contribution in [3.63, 3.8) is 0 Å². The lowest BCUT2D eigenvalue weighted by Gasteiger charge is -2.39. The predicted molar refractivity (Wildman–Crippen MR) is 432 cm³/mol. The predicted octanol–water partition coefficient (Wildman–Crippen LogP) is 12.9. The lowest BCUT2D eigenvalue weighted by Crippen LogP contribution is -2.54. The van der Waals surface area contributed by atoms with Gasteiger partial charge < -0.3 is 74.9 Å². The summed E-state index contributed by atoms with van der Waals surface area (Å²) < 4.78 is 51.6. The number of carbonyl (C=O) groups is 14. The van der Waals surface area contributed by atoms with Crippen molar-refractivity contribution in [3.8, 4) is 0 Å². The van der Waals surface area contributed by atoms with E-state index in [2.05, 4.69) is 26.6 Å². The minimum absolute atomic E-state index is 0.164. The maximum atomic E-state index is 15.5. The summed E-state index contributed by atoms with van der Waals surface area (Å²) in [5.74, 6) is -9.08. The molecule has 29 nitrogen and oxygen atoms in total. The van der Waals surface area contributed by atoms with Crippen LogP contribution in [0.1, 0.15) is 374 Å². The molecule has 0 aliphatic heterocycles. The maximum absolute atomic E-state index is 15.5. The monoisotopic (exact) mass is 1620 g/mol. The van der Waals surface area contributed by atoms with Crippen LogP contribution < -0.4 is 32.3 Å². The highest BCUT2D eigenvalue weighted by Crippen LogP contribution is 2.35. The number of amides is 5. The third-order valence-electron chi connectivity index (χ3n) is 17.0. The molecule has 0 aromatic carbocycles. The first-order valence-electron chi connectivity index (χ1n) is 40.7. The van der Waals surface area contributed by atoms with Crippen LogP contribution in [0.4, 0.5) is 0 Å². The van der Waals surface area contributed by atoms with E-state index < -0.39 is 175 Å². The number of rotatable bonds is 47. The largest absolute Gasteiger partial charge is 0.460 e. The molecule has 658 valence electrons. The molecule has 114 heavy (non-hydrogen) atoms. The van der Waals surface area contributed by atoms with Crippen LogP contribution in [-0.2, 0) is 110 Å². The van der Waals surface area contributed by atoms with E-state index in [-0.39, 0.29) is 160 Å². The number of hydrogen-bond donors (Lipinski definition) is 6. The van der Waals surface area contributed by atoms with Crippen molar-refractivity contribution in [1.29, 1.82) is 0 Å². The second kappa shape index (κ2) is 45.9. The Balaban J connectivity index is 9.38. The van der Waals surface area contributed by atoms with Crippen LogP contribution in [0.5, 0.6) is 0 Å². The van der Waals surface area contributed by atoms with Crippen molar-refractivity contribution in [2.75, 3.05) is 6.54 Å². The highest BCUT2D eigenvalue weighted by Gasteiger charge is 2.43. The van der Waals surface area contributed by atoms with E-state index in [1.165, 1.54) is 6.92 Å². The number of esters is 9. The van der Waals surface area contributed by atoms with Gasteiger partial charge >= 0.3 is 53.7 Å². The summed E-state index contributed by atoms with van der Waals surface area (Å²) in [5, 5.41) is 15.2. The summed E-state index contributed by atoms with van der Waals surface area (Å²) in [4.78, 5) is 198. The van der Waals surface area contributed by atoms with Crippen molar-refractivity contribution >= 4 is 83.3 Å². The van der Waals surface area contributed by atoms with Crippen molar-refractivity contribution in [2.45, 2.75) is 452 Å². The summed E-state index contributed by atoms with van der Waals surface area (Å²) in [5.41, 5.74) is -9.15. The number of carbonyl (C=O) groups excluding carboxylic acids is 14. The summed E-state index contributed by atoms with van der Waals surface area (Å²) in [6.07, 6.45) is -6.11. The average molecular weight is 1620 g/mol. The summed E-state index contributed by atoms with van der Waals surface area (Å²) in [6, 6.07) is -0.774. The molecule has 0 aromatic heterocycles. The Labute approximate surface area is 681 Å². The van der Waals surface area contributed by atoms with E-state index in [9.17, 15) is 47.9 Å². The Morgan fingerprint density at radius 1 is 0.228 bits per heavy atom. The van der Waals surface area contributed by atoms with Gasteiger partial charge in [-0.15, -0.1) is 0 Å². The highest BCUT2D eigenvalue weighted by molar-refractivity contribution is 5.83. The van der Waals surface area contributed by atoms with Crippen molar-refractivity contribution in [1.82, 2.24) is 26.6 Å². The van der Waals surface area contributed by atoms with Crippen LogP contribution in [0.25, 0.3) is 0 Å². The zero-order valence-electron chi connectivity index (χ0n) is 75.1. The Morgan fingerprint density at radius 2 is 0.377 bits per heavy atom. The third-order valence-corrected chi connectivity index (χ3v) is 17.0. The zero-order valence-corrected chi connectivity index (χ0v) is 75.1. The molecular weight excluding hydrogens is 1470 g/mol. The molecule has 0 rings (SSSR count). The van der Waals surface area contributed by atoms with Gasteiger partial charge in [-0.05, 0) is 284 Å². The van der Waals surface area contributed by atoms with Gasteiger partial charge in [-0.3, -0.25) is 67.1 Å². The van der Waals surface area contributed by atoms with Gasteiger partial charge in [0.15, 0.2) is 0 Å². The molecule has 0 spiro atoms. The Morgan fingerprint density at radius 3 is 0.526 bits per heavy atom. The minimum atomic E-state index is -1.78. The molecule has 0 heterocycles. The van der Waals surface area contributed by atoms with Crippen LogP contribution in [0.3, 0.4) is 0 Å². The minimum Gasteiger partial charge on any atom is -0.460 e. The summed E-state index contributed by atoms with van der Waals surface area (Å²) in [7, 11) is 0. The fraction of sp³-hybridized carbons (Fsp3) is 0.835. The van der Waals surface area contributed by atoms with Crippen LogP contribution in [0.2, 0.25) is 0 Å². The molecule has 0 aliphatic rings. The summed E-state index contributed by atoms with van der Waals surface area (Å²) in [6.45, 7) is 47.2. The molecule has 29 heteroatoms. The van der Waals surface area contributed by atoms with Crippen LogP contribution in [0, 0.1) is 0 Å². The van der Waals surface area contributed by atoms with Gasteiger partial charge in [-0.25, -0.2) is 0 Å². The Hall–Kier alpha value is -7.46. The second-order valence-electron chi connectivity index (χ2n) is 39.5. The molecule has 0 bridgehead atoms. The molecule has 0 aliphatic carbocycles. The molecule has 0 aromatic rings. The van der Waals surface area contributed by atoms with Gasteiger partial charge in [0.25, 0.3) is 0 Å². The molecule has 5 amide bonds. The van der Waals surface area contributed by atoms with Crippen molar-refractivity contribution in [3.05, 3.63) is 0 Å². The fourth-order valence-electron chi connectivity index (χ4n) is 12.3. The number of nitrogens with two attached hydrogens (primary N) is 1. The van der Waals surface area contributed by atoms with Gasteiger partial charge in [0.1, 0.15) is 50.4 Å². The first-order valence-corrected chi connectivity index (χ1v) is 40.7. The third kappa shape index (κ3) is 55.2. The van der Waals surface area contributed by atoms with E-state index in [1.807, 2.05) is 0 Å². The molecule has 0 saturated carbocycles. The lowest BCUT2D eigenvalue weighted by atomic mass is 9.80. The fourth-order valence-corrected chi connectivity index (χ4v) is 12.3. The first-order chi connectivity index (χ1) is 51.4. The summed E-state index contributed by atoms with van der Waals surface area (Å²) >= 11 is 0. The van der Waals surface area contributed by atoms with E-state index in [0.717, 1.165) is 0 Å². The number of ether oxygens (including phenoxy) is 9. The smallest absolute Gasteiger partial charge is 0.306 e. The van der Waals surface area contributed by atoms with Gasteiger partial charge in [-0.1, -0.05) is 6.42 Å². The molecule has 0 radical (unpaired) electrons. The van der Waals surface area contributed by atoms with Crippen LogP contribution in [0.15, 0.2) is 0 Å². The second-order valence-corrected chi connectivity index (χ2v) is 39.5. The first kappa shape index (κ1) is 107. The van der Waals surface area contributed by atoms with E-state index in [4.69, 9.17) is 48.4 Å². The lowest BCUT2D eigenvalue weighted by molar-refractivity contribution is -0.158. The molecule has 0 unspecified atom stereocenters. The molecule has 7 N–H and O–H groups in total. The van der Waals surface area contributed by atoms with Gasteiger partial charge in [0.2, 0.25) is 29.5 Å². The Bertz CT molecular complexity index is 2640. The van der Waals surface area contributed by atoms with Gasteiger partial charge in [0, 0.05) is 112 Å². The quantitative estimate of drug-likeness (QED) is 0.0187. The topological polar surface area (TPSA) is 408 Å². The van der Waals surface area contributed by atoms with Crippen LogP contribution >= 0.6 is 0 Å².